The van der Waals surface area contributed by atoms with Crippen LogP contribution in [0, 0.1) is 0 Å². The molecule has 0 bridgehead atoms. The van der Waals surface area contributed by atoms with Crippen LogP contribution < -0.4 is 5.32 Å². The van der Waals surface area contributed by atoms with Gasteiger partial charge in [0.25, 0.3) is 0 Å². The summed E-state index contributed by atoms with van der Waals surface area (Å²) in [6.45, 7) is 7.77. The van der Waals surface area contributed by atoms with E-state index in [2.05, 4.69) is 39.4 Å². The third kappa shape index (κ3) is 11.5. The molecule has 3 heterocycles. The molecule has 2 saturated heterocycles. The van der Waals surface area contributed by atoms with Crippen molar-refractivity contribution >= 4 is 57.0 Å². The van der Waals surface area contributed by atoms with Gasteiger partial charge in [0.15, 0.2) is 0 Å². The van der Waals surface area contributed by atoms with Crippen molar-refractivity contribution in [1.82, 2.24) is 14.8 Å². The average Bonchev–Trinajstić information content (AvgIpc) is 3.68. The van der Waals surface area contributed by atoms with Gasteiger partial charge < -0.3 is 30.5 Å². The largest absolute Gasteiger partial charge is 0.473 e. The highest BCUT2D eigenvalue weighted by Gasteiger charge is 2.27. The summed E-state index contributed by atoms with van der Waals surface area (Å²) in [5, 5.41) is 33.8. The second-order valence-electron chi connectivity index (χ2n) is 10.3. The number of hydrogen-bond donors (Lipinski definition) is 5. The SMILES string of the molecule is CC(C(=O)Nc1ccc(Cc2nc3ccccc3s2)cc1)N1CCN(CC2CCCO2)CC1.O=C(O)C(=O)O.O=C(O)C(=O)O. The molecule has 2 atom stereocenters. The van der Waals surface area contributed by atoms with Crippen LogP contribution in [0.1, 0.15) is 30.3 Å². The number of carboxylic acid groups (broad SMARTS) is 4. The number of rotatable bonds is 7. The number of amides is 1. The number of para-hydroxylation sites is 1. The van der Waals surface area contributed by atoms with E-state index in [0.29, 0.717) is 6.10 Å². The normalized spacial score (nSPS) is 17.2. The molecule has 14 nitrogen and oxygen atoms in total. The summed E-state index contributed by atoms with van der Waals surface area (Å²) >= 11 is 1.74. The zero-order chi connectivity index (χ0) is 32.9. The second kappa shape index (κ2) is 17.2. The van der Waals surface area contributed by atoms with Crippen LogP contribution in [0.15, 0.2) is 48.5 Å². The molecule has 2 unspecified atom stereocenters. The third-order valence-corrected chi connectivity index (χ3v) is 8.14. The number of nitrogens with one attached hydrogen (secondary N) is 1. The van der Waals surface area contributed by atoms with Crippen molar-refractivity contribution in [3.63, 3.8) is 0 Å². The molecule has 0 spiro atoms. The van der Waals surface area contributed by atoms with Gasteiger partial charge in [-0.25, -0.2) is 24.2 Å². The smallest absolute Gasteiger partial charge is 0.414 e. The zero-order valence-electron chi connectivity index (χ0n) is 24.6. The Morgan fingerprint density at radius 3 is 2.04 bits per heavy atom. The number of nitrogens with zero attached hydrogens (tertiary/aromatic N) is 3. The van der Waals surface area contributed by atoms with E-state index in [0.717, 1.165) is 62.0 Å². The number of aliphatic carboxylic acids is 4. The van der Waals surface area contributed by atoms with Gasteiger partial charge in [-0.3, -0.25) is 14.6 Å². The monoisotopic (exact) mass is 644 g/mol. The topological polar surface area (TPSA) is 207 Å². The molecular weight excluding hydrogens is 608 g/mol. The Balaban J connectivity index is 0.000000392. The van der Waals surface area contributed by atoms with Gasteiger partial charge in [0.2, 0.25) is 5.91 Å². The van der Waals surface area contributed by atoms with Crippen LogP contribution >= 0.6 is 11.3 Å². The summed E-state index contributed by atoms with van der Waals surface area (Å²) in [6.07, 6.45) is 3.57. The quantitative estimate of drug-likeness (QED) is 0.234. The van der Waals surface area contributed by atoms with Crippen LogP contribution in [-0.2, 0) is 35.1 Å². The summed E-state index contributed by atoms with van der Waals surface area (Å²) in [6, 6.07) is 16.2. The molecule has 2 fully saturated rings. The zero-order valence-corrected chi connectivity index (χ0v) is 25.4. The van der Waals surface area contributed by atoms with Crippen molar-refractivity contribution in [3.8, 4) is 0 Å². The van der Waals surface area contributed by atoms with Crippen LogP contribution in [0.5, 0.6) is 0 Å². The van der Waals surface area contributed by atoms with Crippen LogP contribution in [0.4, 0.5) is 5.69 Å². The number of hydrogen-bond acceptors (Lipinski definition) is 10. The molecule has 2 aliphatic rings. The van der Waals surface area contributed by atoms with Crippen LogP contribution in [-0.4, -0.2) is 116 Å². The molecule has 1 amide bonds. The molecule has 242 valence electrons. The minimum Gasteiger partial charge on any atom is -0.473 e. The molecule has 45 heavy (non-hydrogen) atoms. The molecule has 2 aromatic carbocycles. The molecule has 5 rings (SSSR count). The highest BCUT2D eigenvalue weighted by Crippen LogP contribution is 2.24. The van der Waals surface area contributed by atoms with Gasteiger partial charge in [-0.2, -0.15) is 0 Å². The summed E-state index contributed by atoms with van der Waals surface area (Å²) in [7, 11) is 0. The standard InChI is InChI=1S/C26H32N4O2S.2C2H2O4/c1-19(30-14-12-29(13-15-30)18-22-5-4-16-32-22)26(31)27-21-10-8-20(9-11-21)17-25-28-23-6-2-3-7-24(23)33-25;2*3-1(4)2(5)6/h2-3,6-11,19,22H,4-5,12-18H2,1H3,(H,27,31);2*(H,3,4)(H,5,6). The van der Waals surface area contributed by atoms with Gasteiger partial charge in [0, 0.05) is 51.4 Å². The number of ether oxygens (including phenoxy) is 1. The number of fused-ring (bicyclic) bond motifs is 1. The number of thiazole rings is 1. The van der Waals surface area contributed by atoms with Crippen molar-refractivity contribution in [2.45, 2.75) is 38.3 Å². The first-order chi connectivity index (χ1) is 21.4. The van der Waals surface area contributed by atoms with Crippen LogP contribution in [0.3, 0.4) is 0 Å². The Bertz CT molecular complexity index is 1380. The predicted octanol–water partition coefficient (Wildman–Crippen LogP) is 2.32. The van der Waals surface area contributed by atoms with Gasteiger partial charge in [-0.15, -0.1) is 11.3 Å². The number of carbonyl (C=O) groups is 5. The Morgan fingerprint density at radius 1 is 0.911 bits per heavy atom. The molecule has 15 heteroatoms. The Kier molecular flexibility index (Phi) is 13.4. The summed E-state index contributed by atoms with van der Waals surface area (Å²) in [5.41, 5.74) is 3.10. The minimum absolute atomic E-state index is 0.0569. The van der Waals surface area contributed by atoms with E-state index in [-0.39, 0.29) is 11.9 Å². The molecular formula is C30H36N4O10S. The van der Waals surface area contributed by atoms with Crippen molar-refractivity contribution in [3.05, 3.63) is 59.1 Å². The van der Waals surface area contributed by atoms with E-state index < -0.39 is 23.9 Å². The number of aromatic nitrogens is 1. The number of carboxylic acids is 4. The maximum atomic E-state index is 12.9. The van der Waals surface area contributed by atoms with Gasteiger partial charge in [0.1, 0.15) is 0 Å². The van der Waals surface area contributed by atoms with Gasteiger partial charge in [0.05, 0.1) is 27.4 Å². The number of benzene rings is 2. The first-order valence-corrected chi connectivity index (χ1v) is 15.0. The number of piperazine rings is 1. The second-order valence-corrected chi connectivity index (χ2v) is 11.4. The fourth-order valence-corrected chi connectivity index (χ4v) is 5.70. The molecule has 2 aliphatic heterocycles. The number of anilines is 1. The van der Waals surface area contributed by atoms with Crippen molar-refractivity contribution < 1.29 is 49.1 Å². The Labute approximate surface area is 262 Å². The Morgan fingerprint density at radius 2 is 1.51 bits per heavy atom. The van der Waals surface area contributed by atoms with E-state index in [9.17, 15) is 4.79 Å². The molecule has 3 aromatic rings. The van der Waals surface area contributed by atoms with Crippen molar-refractivity contribution in [2.75, 3.05) is 44.6 Å². The van der Waals surface area contributed by atoms with Crippen molar-refractivity contribution in [1.29, 1.82) is 0 Å². The fourth-order valence-electron chi connectivity index (χ4n) is 4.70. The van der Waals surface area contributed by atoms with E-state index >= 15 is 0 Å². The van der Waals surface area contributed by atoms with Gasteiger partial charge in [-0.05, 0) is 49.6 Å². The van der Waals surface area contributed by atoms with Gasteiger partial charge >= 0.3 is 23.9 Å². The maximum absolute atomic E-state index is 12.9. The molecule has 0 aliphatic carbocycles. The van der Waals surface area contributed by atoms with E-state index in [1.807, 2.05) is 31.2 Å². The van der Waals surface area contributed by atoms with Crippen LogP contribution in [0.25, 0.3) is 10.2 Å². The van der Waals surface area contributed by atoms with E-state index in [1.54, 1.807) is 11.3 Å². The lowest BCUT2D eigenvalue weighted by molar-refractivity contribution is -0.159. The lowest BCUT2D eigenvalue weighted by Gasteiger charge is -2.38. The van der Waals surface area contributed by atoms with Gasteiger partial charge in [-0.1, -0.05) is 24.3 Å². The lowest BCUT2D eigenvalue weighted by Crippen LogP contribution is -2.53. The lowest BCUT2D eigenvalue weighted by atomic mass is 10.1. The Hall–Kier alpha value is -4.44. The van der Waals surface area contributed by atoms with E-state index in [4.69, 9.17) is 49.3 Å². The third-order valence-electron chi connectivity index (χ3n) is 7.10. The van der Waals surface area contributed by atoms with Crippen molar-refractivity contribution in [2.24, 2.45) is 0 Å². The highest BCUT2D eigenvalue weighted by molar-refractivity contribution is 7.18. The highest BCUT2D eigenvalue weighted by atomic mass is 32.1. The van der Waals surface area contributed by atoms with Crippen LogP contribution in [0.2, 0.25) is 0 Å². The summed E-state index contributed by atoms with van der Waals surface area (Å²) < 4.78 is 6.99. The molecule has 5 N–H and O–H groups in total. The number of carbonyl (C=O) groups excluding carboxylic acids is 1. The predicted molar refractivity (Wildman–Crippen MR) is 164 cm³/mol. The molecule has 1 aromatic heterocycles. The minimum atomic E-state index is -1.82. The average molecular weight is 645 g/mol. The fraction of sp³-hybridized carbons (Fsp3) is 0.400. The first-order valence-electron chi connectivity index (χ1n) is 14.2. The maximum Gasteiger partial charge on any atom is 0.414 e. The summed E-state index contributed by atoms with van der Waals surface area (Å²) in [4.78, 5) is 58.7. The molecule has 0 radical (unpaired) electrons. The molecule has 0 saturated carbocycles. The van der Waals surface area contributed by atoms with E-state index in [1.165, 1.54) is 23.1 Å². The first kappa shape index (κ1) is 35.0. The summed E-state index contributed by atoms with van der Waals surface area (Å²) in [5.74, 6) is -7.24.